The van der Waals surface area contributed by atoms with Gasteiger partial charge in [-0.15, -0.1) is 0 Å². The molecule has 3 N–H and O–H groups in total. The van der Waals surface area contributed by atoms with Gasteiger partial charge in [0.2, 0.25) is 5.91 Å². The minimum absolute atomic E-state index is 0.0572. The number of carbonyl (C=O) groups is 1. The zero-order valence-corrected chi connectivity index (χ0v) is 11.2. The number of benzene rings is 1. The van der Waals surface area contributed by atoms with Crippen LogP contribution in [0.5, 0.6) is 5.75 Å². The van der Waals surface area contributed by atoms with E-state index >= 15 is 0 Å². The molecule has 0 saturated heterocycles. The number of alkyl halides is 2. The summed E-state index contributed by atoms with van der Waals surface area (Å²) in [5, 5.41) is 2.77. The lowest BCUT2D eigenvalue weighted by Gasteiger charge is -2.27. The van der Waals surface area contributed by atoms with Crippen LogP contribution in [0.4, 0.5) is 14.5 Å². The molecule has 1 aromatic rings. The van der Waals surface area contributed by atoms with Crippen LogP contribution in [-0.4, -0.2) is 18.6 Å². The summed E-state index contributed by atoms with van der Waals surface area (Å²) >= 11 is 0. The highest BCUT2D eigenvalue weighted by Crippen LogP contribution is 2.37. The van der Waals surface area contributed by atoms with Crippen LogP contribution in [0.25, 0.3) is 0 Å². The van der Waals surface area contributed by atoms with Crippen LogP contribution < -0.4 is 15.8 Å². The average molecular weight is 284 g/mol. The van der Waals surface area contributed by atoms with Crippen molar-refractivity contribution in [2.24, 2.45) is 11.1 Å². The highest BCUT2D eigenvalue weighted by atomic mass is 19.3. The molecular weight excluding hydrogens is 266 g/mol. The van der Waals surface area contributed by atoms with Crippen LogP contribution >= 0.6 is 0 Å². The Balaban J connectivity index is 2.01. The Morgan fingerprint density at radius 2 is 2.10 bits per heavy atom. The fourth-order valence-electron chi connectivity index (χ4n) is 2.47. The fourth-order valence-corrected chi connectivity index (χ4v) is 2.47. The molecule has 2 unspecified atom stereocenters. The number of ether oxygens (including phenoxy) is 1. The lowest BCUT2D eigenvalue weighted by molar-refractivity contribution is -0.125. The smallest absolute Gasteiger partial charge is 0.387 e. The van der Waals surface area contributed by atoms with E-state index in [1.165, 1.54) is 24.3 Å². The second-order valence-corrected chi connectivity index (χ2v) is 5.27. The Hall–Kier alpha value is -1.69. The van der Waals surface area contributed by atoms with Gasteiger partial charge < -0.3 is 15.8 Å². The molecule has 0 aliphatic heterocycles. The second kappa shape index (κ2) is 5.75. The third-order valence-electron chi connectivity index (χ3n) is 3.89. The van der Waals surface area contributed by atoms with Crippen molar-refractivity contribution in [1.29, 1.82) is 0 Å². The maximum absolute atomic E-state index is 12.3. The third-order valence-corrected chi connectivity index (χ3v) is 3.89. The molecular formula is C14H18F2N2O2. The van der Waals surface area contributed by atoms with Gasteiger partial charge in [0.25, 0.3) is 0 Å². The molecule has 1 aromatic carbocycles. The predicted molar refractivity (Wildman–Crippen MR) is 71.6 cm³/mol. The molecule has 0 aromatic heterocycles. The summed E-state index contributed by atoms with van der Waals surface area (Å²) in [5.74, 6) is -0.0770. The number of hydrogen-bond acceptors (Lipinski definition) is 3. The van der Waals surface area contributed by atoms with E-state index in [1.807, 2.05) is 6.92 Å². The van der Waals surface area contributed by atoms with Crippen LogP contribution in [0.3, 0.4) is 0 Å². The quantitative estimate of drug-likeness (QED) is 0.893. The Kier molecular flexibility index (Phi) is 4.23. The molecule has 0 spiro atoms. The molecule has 4 nitrogen and oxygen atoms in total. The lowest BCUT2D eigenvalue weighted by atomic mass is 9.84. The first-order valence-corrected chi connectivity index (χ1v) is 6.54. The maximum atomic E-state index is 12.3. The summed E-state index contributed by atoms with van der Waals surface area (Å²) in [6, 6.07) is 5.68. The molecule has 20 heavy (non-hydrogen) atoms. The normalized spacial score (nSPS) is 25.8. The molecule has 1 fully saturated rings. The molecule has 6 heteroatoms. The fraction of sp³-hybridized carbons (Fsp3) is 0.500. The number of nitrogens with one attached hydrogen (secondary N) is 1. The van der Waals surface area contributed by atoms with Gasteiger partial charge in [-0.25, -0.2) is 0 Å². The van der Waals surface area contributed by atoms with Crippen LogP contribution in [0.1, 0.15) is 26.2 Å². The van der Waals surface area contributed by atoms with Crippen molar-refractivity contribution < 1.29 is 18.3 Å². The summed E-state index contributed by atoms with van der Waals surface area (Å²) in [4.78, 5) is 12.3. The van der Waals surface area contributed by atoms with E-state index in [1.54, 1.807) is 0 Å². The van der Waals surface area contributed by atoms with E-state index in [0.717, 1.165) is 19.3 Å². The van der Waals surface area contributed by atoms with Gasteiger partial charge in [-0.2, -0.15) is 8.78 Å². The molecule has 1 aliphatic carbocycles. The van der Waals surface area contributed by atoms with Crippen molar-refractivity contribution >= 4 is 11.6 Å². The van der Waals surface area contributed by atoms with Gasteiger partial charge in [0.1, 0.15) is 5.75 Å². The highest BCUT2D eigenvalue weighted by molar-refractivity contribution is 5.95. The first kappa shape index (κ1) is 14.7. The van der Waals surface area contributed by atoms with Gasteiger partial charge in [0.15, 0.2) is 0 Å². The van der Waals surface area contributed by atoms with Crippen LogP contribution in [0, 0.1) is 5.41 Å². The van der Waals surface area contributed by atoms with Gasteiger partial charge in [-0.1, -0.05) is 6.42 Å². The summed E-state index contributed by atoms with van der Waals surface area (Å²) < 4.78 is 28.3. The van der Waals surface area contributed by atoms with E-state index in [9.17, 15) is 13.6 Å². The molecule has 1 amide bonds. The molecule has 110 valence electrons. The minimum atomic E-state index is -2.86. The van der Waals surface area contributed by atoms with E-state index in [0.29, 0.717) is 5.69 Å². The zero-order valence-electron chi connectivity index (χ0n) is 11.2. The summed E-state index contributed by atoms with van der Waals surface area (Å²) in [6.45, 7) is -1.00. The van der Waals surface area contributed by atoms with Crippen molar-refractivity contribution in [2.75, 3.05) is 5.32 Å². The molecule has 2 rings (SSSR count). The summed E-state index contributed by atoms with van der Waals surface area (Å²) in [7, 11) is 0. The zero-order chi connectivity index (χ0) is 14.8. The van der Waals surface area contributed by atoms with Gasteiger partial charge in [0.05, 0.1) is 5.41 Å². The predicted octanol–water partition coefficient (Wildman–Crippen LogP) is 2.74. The van der Waals surface area contributed by atoms with Crippen molar-refractivity contribution in [1.82, 2.24) is 0 Å². The molecule has 0 bridgehead atoms. The Morgan fingerprint density at radius 1 is 1.45 bits per heavy atom. The van der Waals surface area contributed by atoms with Gasteiger partial charge >= 0.3 is 6.61 Å². The average Bonchev–Trinajstić information content (AvgIpc) is 2.73. The molecule has 0 heterocycles. The number of nitrogens with two attached hydrogens (primary N) is 1. The van der Waals surface area contributed by atoms with E-state index in [-0.39, 0.29) is 17.7 Å². The first-order valence-electron chi connectivity index (χ1n) is 6.54. The first-order chi connectivity index (χ1) is 9.41. The van der Waals surface area contributed by atoms with Crippen LogP contribution in [-0.2, 0) is 4.79 Å². The van der Waals surface area contributed by atoms with Crippen molar-refractivity contribution in [3.8, 4) is 5.75 Å². The number of carbonyl (C=O) groups excluding carboxylic acids is 1. The Bertz CT molecular complexity index is 479. The van der Waals surface area contributed by atoms with Gasteiger partial charge in [-0.05, 0) is 44.0 Å². The van der Waals surface area contributed by atoms with Gasteiger partial charge in [-0.3, -0.25) is 4.79 Å². The van der Waals surface area contributed by atoms with E-state index < -0.39 is 12.0 Å². The SMILES string of the molecule is CC1(C(=O)Nc2ccc(OC(F)F)cc2)CCCC1N. The van der Waals surface area contributed by atoms with Crippen LogP contribution in [0.15, 0.2) is 24.3 Å². The monoisotopic (exact) mass is 284 g/mol. The molecule has 0 radical (unpaired) electrons. The Labute approximate surface area is 116 Å². The van der Waals surface area contributed by atoms with Crippen molar-refractivity contribution in [2.45, 2.75) is 38.8 Å². The number of halogens is 2. The molecule has 2 atom stereocenters. The Morgan fingerprint density at radius 3 is 2.60 bits per heavy atom. The van der Waals surface area contributed by atoms with E-state index in [4.69, 9.17) is 5.73 Å². The third kappa shape index (κ3) is 3.07. The van der Waals surface area contributed by atoms with Crippen molar-refractivity contribution in [3.05, 3.63) is 24.3 Å². The number of hydrogen-bond donors (Lipinski definition) is 2. The number of amides is 1. The highest BCUT2D eigenvalue weighted by Gasteiger charge is 2.42. The second-order valence-electron chi connectivity index (χ2n) is 5.27. The molecule has 1 aliphatic rings. The van der Waals surface area contributed by atoms with Crippen molar-refractivity contribution in [3.63, 3.8) is 0 Å². The number of rotatable bonds is 4. The lowest BCUT2D eigenvalue weighted by Crippen LogP contribution is -2.44. The standard InChI is InChI=1S/C14H18F2N2O2/c1-14(8-2-3-11(14)17)12(19)18-9-4-6-10(7-5-9)20-13(15)16/h4-7,11,13H,2-3,8,17H2,1H3,(H,18,19). The summed E-state index contributed by atoms with van der Waals surface area (Å²) in [6.07, 6.45) is 2.53. The summed E-state index contributed by atoms with van der Waals surface area (Å²) in [5.41, 5.74) is 5.95. The maximum Gasteiger partial charge on any atom is 0.387 e. The van der Waals surface area contributed by atoms with Crippen LogP contribution in [0.2, 0.25) is 0 Å². The van der Waals surface area contributed by atoms with Gasteiger partial charge in [0, 0.05) is 11.7 Å². The van der Waals surface area contributed by atoms with E-state index in [2.05, 4.69) is 10.1 Å². The molecule has 1 saturated carbocycles. The topological polar surface area (TPSA) is 64.3 Å². The number of anilines is 1. The largest absolute Gasteiger partial charge is 0.435 e. The minimum Gasteiger partial charge on any atom is -0.435 e.